The number of halogens is 4. The number of aromatic carboxylic acids is 1. The van der Waals surface area contributed by atoms with E-state index in [4.69, 9.17) is 16.7 Å². The molecule has 8 heteroatoms. The molecule has 0 saturated carbocycles. The predicted molar refractivity (Wildman–Crippen MR) is 86.8 cm³/mol. The maximum Gasteiger partial charge on any atom is 0.416 e. The Morgan fingerprint density at radius 2 is 1.80 bits per heavy atom. The maximum absolute atomic E-state index is 12.9. The Morgan fingerprint density at radius 1 is 1.12 bits per heavy atom. The van der Waals surface area contributed by atoms with Crippen LogP contribution >= 0.6 is 11.6 Å². The van der Waals surface area contributed by atoms with Crippen molar-refractivity contribution in [1.29, 1.82) is 0 Å². The molecular weight excluding hydrogens is 359 g/mol. The van der Waals surface area contributed by atoms with Crippen molar-refractivity contribution in [3.05, 3.63) is 64.2 Å². The second-order valence-corrected chi connectivity index (χ2v) is 5.63. The lowest BCUT2D eigenvalue weighted by Crippen LogP contribution is -2.16. The molecule has 0 unspecified atom stereocenters. The van der Waals surface area contributed by atoms with E-state index in [2.05, 4.69) is 5.32 Å². The molecule has 1 amide bonds. The molecule has 132 valence electrons. The van der Waals surface area contributed by atoms with Gasteiger partial charge in [-0.05, 0) is 36.2 Å². The summed E-state index contributed by atoms with van der Waals surface area (Å²) in [6.45, 7) is 0. The van der Waals surface area contributed by atoms with Gasteiger partial charge in [0.2, 0.25) is 5.91 Å². The summed E-state index contributed by atoms with van der Waals surface area (Å²) in [5.74, 6) is -1.86. The first kappa shape index (κ1) is 18.8. The summed E-state index contributed by atoms with van der Waals surface area (Å²) < 4.78 is 38.8. The normalized spacial score (nSPS) is 11.2. The zero-order valence-corrected chi connectivity index (χ0v) is 13.5. The molecule has 0 aliphatic carbocycles. The molecule has 0 radical (unpaired) electrons. The molecule has 0 aliphatic rings. The molecule has 0 aromatic heterocycles. The lowest BCUT2D eigenvalue weighted by Gasteiger charge is -2.13. The summed E-state index contributed by atoms with van der Waals surface area (Å²) in [5.41, 5.74) is -0.964. The fraction of sp³-hybridized carbons (Fsp3) is 0.176. The molecule has 2 N–H and O–H groups in total. The number of carboxylic acids is 1. The van der Waals surface area contributed by atoms with E-state index in [0.29, 0.717) is 0 Å². The molecule has 0 saturated heterocycles. The number of anilines is 1. The van der Waals surface area contributed by atoms with Crippen molar-refractivity contribution < 1.29 is 27.9 Å². The predicted octanol–water partition coefficient (Wildman–Crippen LogP) is 4.63. The third kappa shape index (κ3) is 4.96. The average Bonchev–Trinajstić information content (AvgIpc) is 2.52. The fourth-order valence-electron chi connectivity index (χ4n) is 2.28. The van der Waals surface area contributed by atoms with E-state index < -0.39 is 23.6 Å². The van der Waals surface area contributed by atoms with Gasteiger partial charge < -0.3 is 10.4 Å². The summed E-state index contributed by atoms with van der Waals surface area (Å²) >= 11 is 5.78. The molecule has 0 aliphatic heterocycles. The van der Waals surface area contributed by atoms with E-state index in [0.717, 1.165) is 6.07 Å². The Labute approximate surface area is 146 Å². The van der Waals surface area contributed by atoms with Crippen LogP contribution in [0, 0.1) is 0 Å². The highest BCUT2D eigenvalue weighted by atomic mass is 35.5. The van der Waals surface area contributed by atoms with Gasteiger partial charge in [0.15, 0.2) is 0 Å². The molecule has 25 heavy (non-hydrogen) atoms. The Kier molecular flexibility index (Phi) is 5.69. The quantitative estimate of drug-likeness (QED) is 0.805. The topological polar surface area (TPSA) is 66.4 Å². The Hall–Kier alpha value is -2.54. The molecule has 2 aromatic rings. The van der Waals surface area contributed by atoms with Crippen LogP contribution in [0.5, 0.6) is 0 Å². The van der Waals surface area contributed by atoms with Crippen LogP contribution < -0.4 is 5.32 Å². The van der Waals surface area contributed by atoms with Crippen LogP contribution in [0.25, 0.3) is 0 Å². The van der Waals surface area contributed by atoms with E-state index in [1.54, 1.807) is 0 Å². The Bertz CT molecular complexity index is 806. The number of hydrogen-bond acceptors (Lipinski definition) is 2. The minimum absolute atomic E-state index is 0.00491. The summed E-state index contributed by atoms with van der Waals surface area (Å²) in [4.78, 5) is 23.1. The lowest BCUT2D eigenvalue weighted by molar-refractivity contribution is -0.138. The number of rotatable bonds is 5. The molecular formula is C17H13ClF3NO3. The Morgan fingerprint density at radius 3 is 2.44 bits per heavy atom. The summed E-state index contributed by atoms with van der Waals surface area (Å²) in [5, 5.41) is 11.7. The van der Waals surface area contributed by atoms with E-state index in [1.165, 1.54) is 36.4 Å². The van der Waals surface area contributed by atoms with Crippen LogP contribution in [-0.4, -0.2) is 17.0 Å². The van der Waals surface area contributed by atoms with E-state index >= 15 is 0 Å². The van der Waals surface area contributed by atoms with Gasteiger partial charge in [-0.1, -0.05) is 29.8 Å². The smallest absolute Gasteiger partial charge is 0.416 e. The van der Waals surface area contributed by atoms with Gasteiger partial charge in [-0.25, -0.2) is 4.79 Å². The number of hydrogen-bond donors (Lipinski definition) is 2. The molecule has 0 spiro atoms. The van der Waals surface area contributed by atoms with Gasteiger partial charge in [-0.3, -0.25) is 4.79 Å². The Balaban J connectivity index is 2.11. The molecule has 2 aromatic carbocycles. The zero-order valence-electron chi connectivity index (χ0n) is 12.7. The monoisotopic (exact) mass is 371 g/mol. The van der Waals surface area contributed by atoms with Crippen molar-refractivity contribution in [3.63, 3.8) is 0 Å². The van der Waals surface area contributed by atoms with Gasteiger partial charge in [-0.15, -0.1) is 0 Å². The van der Waals surface area contributed by atoms with Gasteiger partial charge in [-0.2, -0.15) is 13.2 Å². The van der Waals surface area contributed by atoms with Crippen LogP contribution in [0.4, 0.5) is 18.9 Å². The van der Waals surface area contributed by atoms with Gasteiger partial charge in [0.1, 0.15) is 0 Å². The molecule has 0 fully saturated rings. The van der Waals surface area contributed by atoms with Gasteiger partial charge in [0.05, 0.1) is 16.8 Å². The first-order valence-corrected chi connectivity index (χ1v) is 7.54. The molecule has 0 heterocycles. The highest BCUT2D eigenvalue weighted by Gasteiger charge is 2.32. The highest BCUT2D eigenvalue weighted by molar-refractivity contribution is 6.31. The van der Waals surface area contributed by atoms with Crippen molar-refractivity contribution in [2.45, 2.75) is 19.0 Å². The molecule has 0 bridgehead atoms. The number of aryl methyl sites for hydroxylation is 1. The molecule has 0 atom stereocenters. The second-order valence-electron chi connectivity index (χ2n) is 5.20. The van der Waals surface area contributed by atoms with Crippen molar-refractivity contribution in [2.75, 3.05) is 5.32 Å². The van der Waals surface area contributed by atoms with Crippen LogP contribution in [0.1, 0.15) is 27.9 Å². The van der Waals surface area contributed by atoms with E-state index in [1.807, 2.05) is 0 Å². The van der Waals surface area contributed by atoms with Gasteiger partial charge >= 0.3 is 12.1 Å². The second kappa shape index (κ2) is 7.57. The van der Waals surface area contributed by atoms with Gasteiger partial charge in [0.25, 0.3) is 0 Å². The van der Waals surface area contributed by atoms with E-state index in [9.17, 15) is 22.8 Å². The molecule has 4 nitrogen and oxygen atoms in total. The number of benzene rings is 2. The van der Waals surface area contributed by atoms with Crippen molar-refractivity contribution in [2.24, 2.45) is 0 Å². The lowest BCUT2D eigenvalue weighted by atomic mass is 10.0. The minimum atomic E-state index is -4.50. The number of alkyl halides is 3. The summed E-state index contributed by atoms with van der Waals surface area (Å²) in [6, 6.07) is 8.86. The van der Waals surface area contributed by atoms with Crippen molar-refractivity contribution in [3.8, 4) is 0 Å². The number of amides is 1. The van der Waals surface area contributed by atoms with E-state index in [-0.39, 0.29) is 34.7 Å². The number of carbonyl (C=O) groups excluding carboxylic acids is 1. The fourth-order valence-corrected chi connectivity index (χ4v) is 2.45. The number of nitrogens with one attached hydrogen (secondary N) is 1. The average molecular weight is 372 g/mol. The standard InChI is InChI=1S/C17H13ClF3NO3/c18-11-6-7-12(16(24)25)14(9-11)22-15(23)8-5-10-3-1-2-4-13(10)17(19,20)21/h1-4,6-7,9H,5,8H2,(H,22,23)(H,24,25). The zero-order chi connectivity index (χ0) is 18.6. The SMILES string of the molecule is O=C(CCc1ccccc1C(F)(F)F)Nc1cc(Cl)ccc1C(=O)O. The van der Waals surface area contributed by atoms with Crippen LogP contribution in [0.15, 0.2) is 42.5 Å². The van der Waals surface area contributed by atoms with Crippen molar-refractivity contribution >= 4 is 29.2 Å². The third-order valence-corrected chi connectivity index (χ3v) is 3.67. The van der Waals surface area contributed by atoms with Gasteiger partial charge in [0, 0.05) is 11.4 Å². The van der Waals surface area contributed by atoms with Crippen LogP contribution in [0.2, 0.25) is 5.02 Å². The number of carboxylic acid groups (broad SMARTS) is 1. The number of carbonyl (C=O) groups is 2. The van der Waals surface area contributed by atoms with Crippen LogP contribution in [0.3, 0.4) is 0 Å². The first-order chi connectivity index (χ1) is 11.7. The third-order valence-electron chi connectivity index (χ3n) is 3.43. The van der Waals surface area contributed by atoms with Crippen molar-refractivity contribution in [1.82, 2.24) is 0 Å². The van der Waals surface area contributed by atoms with Crippen LogP contribution in [-0.2, 0) is 17.4 Å². The maximum atomic E-state index is 12.9. The highest BCUT2D eigenvalue weighted by Crippen LogP contribution is 2.32. The largest absolute Gasteiger partial charge is 0.478 e. The first-order valence-electron chi connectivity index (χ1n) is 7.16. The summed E-state index contributed by atoms with van der Waals surface area (Å²) in [6.07, 6.45) is -4.88. The minimum Gasteiger partial charge on any atom is -0.478 e. The summed E-state index contributed by atoms with van der Waals surface area (Å²) in [7, 11) is 0. The molecule has 2 rings (SSSR count).